The molecule has 1 saturated heterocycles. The molecule has 108 valence electrons. The molecule has 1 N–H and O–H groups in total. The van der Waals surface area contributed by atoms with Crippen LogP contribution in [0.15, 0.2) is 0 Å². The topological polar surface area (TPSA) is 42.0 Å². The Morgan fingerprint density at radius 3 is 2.63 bits per heavy atom. The molecule has 2 bridgehead atoms. The van der Waals surface area contributed by atoms with Crippen molar-refractivity contribution in [3.8, 4) is 0 Å². The Morgan fingerprint density at radius 1 is 1.26 bits per heavy atom. The van der Waals surface area contributed by atoms with Crippen molar-refractivity contribution in [2.45, 2.75) is 69.9 Å². The predicted molar refractivity (Wildman–Crippen MR) is 79.3 cm³/mol. The summed E-state index contributed by atoms with van der Waals surface area (Å²) in [6, 6.07) is 0. The van der Waals surface area contributed by atoms with Crippen LogP contribution in [0.5, 0.6) is 0 Å². The lowest BCUT2D eigenvalue weighted by atomic mass is 9.49. The van der Waals surface area contributed by atoms with Crippen molar-refractivity contribution in [1.29, 1.82) is 0 Å². The Hall–Kier alpha value is 0.740. The predicted octanol–water partition coefficient (Wildman–Crippen LogP) is 2.87. The van der Waals surface area contributed by atoms with Gasteiger partial charge in [-0.05, 0) is 37.0 Å². The van der Waals surface area contributed by atoms with Gasteiger partial charge in [-0.25, -0.2) is 0 Å². The summed E-state index contributed by atoms with van der Waals surface area (Å²) in [6.07, 6.45) is 4.36. The van der Waals surface area contributed by atoms with E-state index >= 15 is 0 Å². The molecular weight excluding hydrogens is 278 g/mol. The van der Waals surface area contributed by atoms with Crippen LogP contribution in [0.3, 0.4) is 0 Å². The van der Waals surface area contributed by atoms with Gasteiger partial charge >= 0.3 is 0 Å². The molecule has 1 aliphatic heterocycles. The second-order valence-corrected chi connectivity index (χ2v) is 8.84. The molecule has 4 fully saturated rings. The Kier molecular flexibility index (Phi) is 2.51. The van der Waals surface area contributed by atoms with Gasteiger partial charge in [0.1, 0.15) is 11.2 Å². The minimum absolute atomic E-state index is 0.0543. The van der Waals surface area contributed by atoms with Gasteiger partial charge in [-0.1, -0.05) is 29.7 Å². The summed E-state index contributed by atoms with van der Waals surface area (Å²) < 4.78 is 12.2. The second-order valence-electron chi connectivity index (χ2n) is 7.66. The van der Waals surface area contributed by atoms with Crippen LogP contribution in [0.4, 0.5) is 0 Å². The number of epoxide rings is 1. The first-order chi connectivity index (χ1) is 8.85. The fraction of sp³-hybridized carbons (Fsp3) is 1.00. The number of hydrogen-bond donors (Lipinski definition) is 1. The highest BCUT2D eigenvalue weighted by Gasteiger charge is 2.88. The molecule has 4 rings (SSSR count). The third-order valence-corrected chi connectivity index (χ3v) is 8.11. The SMILES string of the molecule is CC1(C)C2CCC1(C)[C@@]13O[C@H]1CC[C@@]3(O)[C@@H]2OPP. The molecule has 3 saturated carbocycles. The lowest BCUT2D eigenvalue weighted by Crippen LogP contribution is -2.69. The second kappa shape index (κ2) is 3.55. The summed E-state index contributed by atoms with van der Waals surface area (Å²) in [4.78, 5) is 0. The first-order valence-electron chi connectivity index (χ1n) is 7.36. The molecule has 19 heavy (non-hydrogen) atoms. The van der Waals surface area contributed by atoms with Gasteiger partial charge in [-0.3, -0.25) is 0 Å². The molecule has 4 aliphatic rings. The van der Waals surface area contributed by atoms with Crippen molar-refractivity contribution in [3.05, 3.63) is 0 Å². The standard InChI is InChI=1S/C14H24O3P2/c1-11(2)8-4-6-12(11,3)14-9(16-14)5-7-13(14,15)10(8)17-19-18/h8-10,15,19H,4-7,18H2,1-3H3/t8?,9-,10+,12?,13+,14-/m0/s1. The van der Waals surface area contributed by atoms with E-state index < -0.39 is 5.60 Å². The zero-order valence-corrected chi connectivity index (χ0v) is 14.1. The maximum atomic E-state index is 11.4. The minimum atomic E-state index is -0.757. The van der Waals surface area contributed by atoms with Crippen LogP contribution in [0.25, 0.3) is 0 Å². The first kappa shape index (κ1) is 13.4. The van der Waals surface area contributed by atoms with E-state index in [0.29, 0.717) is 14.4 Å². The fourth-order valence-electron chi connectivity index (χ4n) is 6.00. The maximum absolute atomic E-state index is 11.4. The summed E-state index contributed by atoms with van der Waals surface area (Å²) in [7, 11) is 3.02. The number of rotatable bonds is 2. The van der Waals surface area contributed by atoms with Gasteiger partial charge in [-0.2, -0.15) is 0 Å². The van der Waals surface area contributed by atoms with Crippen molar-refractivity contribution < 1.29 is 14.4 Å². The van der Waals surface area contributed by atoms with Crippen LogP contribution in [-0.2, 0) is 9.26 Å². The maximum Gasteiger partial charge on any atom is 0.132 e. The van der Waals surface area contributed by atoms with Gasteiger partial charge in [0.05, 0.1) is 12.2 Å². The van der Waals surface area contributed by atoms with Gasteiger partial charge < -0.3 is 14.4 Å². The molecule has 4 unspecified atom stereocenters. The summed E-state index contributed by atoms with van der Waals surface area (Å²) >= 11 is 0. The fourth-order valence-corrected chi connectivity index (χ4v) is 6.95. The summed E-state index contributed by atoms with van der Waals surface area (Å²) in [5.41, 5.74) is -0.824. The van der Waals surface area contributed by atoms with Crippen molar-refractivity contribution in [1.82, 2.24) is 0 Å². The van der Waals surface area contributed by atoms with Crippen LogP contribution in [-0.4, -0.2) is 28.5 Å². The molecule has 8 atom stereocenters. The summed E-state index contributed by atoms with van der Waals surface area (Å²) in [5.74, 6) is 0.448. The van der Waals surface area contributed by atoms with Gasteiger partial charge in [-0.15, -0.1) is 0 Å². The monoisotopic (exact) mass is 302 g/mol. The average molecular weight is 302 g/mol. The quantitative estimate of drug-likeness (QED) is 0.630. The van der Waals surface area contributed by atoms with E-state index in [0.717, 1.165) is 25.7 Å². The number of ether oxygens (including phenoxy) is 1. The zero-order valence-electron chi connectivity index (χ0n) is 11.9. The van der Waals surface area contributed by atoms with E-state index in [1.165, 1.54) is 0 Å². The van der Waals surface area contributed by atoms with Crippen LogP contribution in [0.1, 0.15) is 46.5 Å². The normalized spacial score (nSPS) is 61.4. The van der Waals surface area contributed by atoms with Crippen LogP contribution in [0, 0.1) is 16.7 Å². The van der Waals surface area contributed by atoms with Crippen LogP contribution < -0.4 is 0 Å². The molecule has 0 amide bonds. The summed E-state index contributed by atoms with van der Waals surface area (Å²) in [6.45, 7) is 7.07. The third kappa shape index (κ3) is 1.14. The lowest BCUT2D eigenvalue weighted by molar-refractivity contribution is -0.222. The highest BCUT2D eigenvalue weighted by Crippen LogP contribution is 2.79. The highest BCUT2D eigenvalue weighted by atomic mass is 32.0. The minimum Gasteiger partial charge on any atom is -0.384 e. The van der Waals surface area contributed by atoms with E-state index in [1.54, 1.807) is 0 Å². The van der Waals surface area contributed by atoms with Crippen molar-refractivity contribution >= 4 is 17.4 Å². The van der Waals surface area contributed by atoms with Crippen LogP contribution in [0.2, 0.25) is 0 Å². The van der Waals surface area contributed by atoms with Gasteiger partial charge in [0.25, 0.3) is 0 Å². The largest absolute Gasteiger partial charge is 0.384 e. The smallest absolute Gasteiger partial charge is 0.132 e. The number of hydrogen-bond acceptors (Lipinski definition) is 3. The Morgan fingerprint density at radius 2 is 2.00 bits per heavy atom. The van der Waals surface area contributed by atoms with E-state index in [4.69, 9.17) is 9.26 Å². The first-order valence-corrected chi connectivity index (χ1v) is 10.1. The van der Waals surface area contributed by atoms with Crippen LogP contribution >= 0.6 is 17.4 Å². The van der Waals surface area contributed by atoms with Gasteiger partial charge in [0.15, 0.2) is 0 Å². The van der Waals surface area contributed by atoms with E-state index in [1.807, 2.05) is 0 Å². The molecule has 1 spiro atoms. The Balaban J connectivity index is 1.89. The average Bonchev–Trinajstić information content (AvgIpc) is 2.98. The van der Waals surface area contributed by atoms with Crippen molar-refractivity contribution in [3.63, 3.8) is 0 Å². The van der Waals surface area contributed by atoms with E-state index in [9.17, 15) is 5.11 Å². The van der Waals surface area contributed by atoms with Gasteiger partial charge in [0.2, 0.25) is 0 Å². The number of fused-ring (bicyclic) bond motifs is 2. The molecule has 1 heterocycles. The molecule has 5 heteroatoms. The molecule has 0 radical (unpaired) electrons. The Labute approximate surface area is 119 Å². The molecule has 0 aromatic carbocycles. The van der Waals surface area contributed by atoms with E-state index in [-0.39, 0.29) is 28.6 Å². The van der Waals surface area contributed by atoms with Crippen molar-refractivity contribution in [2.75, 3.05) is 0 Å². The summed E-state index contributed by atoms with van der Waals surface area (Å²) in [5, 5.41) is 11.4. The third-order valence-electron chi connectivity index (χ3n) is 7.31. The highest BCUT2D eigenvalue weighted by molar-refractivity contribution is 8.00. The van der Waals surface area contributed by atoms with E-state index in [2.05, 4.69) is 29.7 Å². The lowest BCUT2D eigenvalue weighted by Gasteiger charge is -2.59. The molecule has 0 aromatic rings. The molecule has 3 nitrogen and oxygen atoms in total. The van der Waals surface area contributed by atoms with Crippen molar-refractivity contribution in [2.24, 2.45) is 16.7 Å². The Bertz CT molecular complexity index is 442. The molecule has 0 aromatic heterocycles. The molecular formula is C14H24O3P2. The van der Waals surface area contributed by atoms with Gasteiger partial charge in [0, 0.05) is 13.9 Å². The number of aliphatic hydroxyl groups is 1. The molecule has 3 aliphatic carbocycles. The zero-order chi connectivity index (χ0) is 13.7.